The van der Waals surface area contributed by atoms with Gasteiger partial charge in [0.15, 0.2) is 0 Å². The third-order valence-corrected chi connectivity index (χ3v) is 5.35. The smallest absolute Gasteiger partial charge is 0.330 e. The average Bonchev–Trinajstić information content (AvgIpc) is 2.86. The van der Waals surface area contributed by atoms with E-state index in [0.29, 0.717) is 6.73 Å². The minimum atomic E-state index is -1.09. The lowest BCUT2D eigenvalue weighted by atomic mass is 10.2. The standard InChI is InChI=1S/C18H25NO3Si/c1-21-18(20)10-9-16-13-15-7-5-6-8-17(15)19(16)14-22-11-12-23(2,3)4/h5-10,13H,11-12,14H2,1-4H3/b10-9+. The fraction of sp³-hybridized carbons (Fsp3) is 0.389. The molecule has 1 heterocycles. The van der Waals surface area contributed by atoms with E-state index in [2.05, 4.69) is 47.1 Å². The van der Waals surface area contributed by atoms with Crippen LogP contribution in [0.3, 0.4) is 0 Å². The first kappa shape index (κ1) is 17.5. The summed E-state index contributed by atoms with van der Waals surface area (Å²) in [5.41, 5.74) is 2.04. The lowest BCUT2D eigenvalue weighted by Gasteiger charge is -2.16. The molecule has 0 unspecified atom stereocenters. The van der Waals surface area contributed by atoms with Crippen LogP contribution >= 0.6 is 0 Å². The van der Waals surface area contributed by atoms with Crippen molar-refractivity contribution in [2.45, 2.75) is 32.4 Å². The van der Waals surface area contributed by atoms with E-state index in [9.17, 15) is 4.79 Å². The van der Waals surface area contributed by atoms with Crippen LogP contribution in [0.25, 0.3) is 17.0 Å². The zero-order valence-corrected chi connectivity index (χ0v) is 15.3. The molecule has 4 nitrogen and oxygen atoms in total. The van der Waals surface area contributed by atoms with Gasteiger partial charge in [0.1, 0.15) is 6.73 Å². The third-order valence-electron chi connectivity index (χ3n) is 3.65. The van der Waals surface area contributed by atoms with Gasteiger partial charge in [-0.25, -0.2) is 4.79 Å². The zero-order valence-electron chi connectivity index (χ0n) is 14.3. The molecule has 0 N–H and O–H groups in total. The van der Waals surface area contributed by atoms with Crippen molar-refractivity contribution < 1.29 is 14.3 Å². The van der Waals surface area contributed by atoms with Crippen LogP contribution in [0.4, 0.5) is 0 Å². The monoisotopic (exact) mass is 331 g/mol. The summed E-state index contributed by atoms with van der Waals surface area (Å²) in [6.07, 6.45) is 3.21. The molecule has 0 saturated heterocycles. The molecule has 0 bridgehead atoms. The normalized spacial score (nSPS) is 12.2. The number of aromatic nitrogens is 1. The number of esters is 1. The summed E-state index contributed by atoms with van der Waals surface area (Å²) in [7, 11) is 0.286. The number of hydrogen-bond donors (Lipinski definition) is 0. The van der Waals surface area contributed by atoms with Crippen molar-refractivity contribution in [2.75, 3.05) is 13.7 Å². The maximum Gasteiger partial charge on any atom is 0.330 e. The molecule has 2 aromatic rings. The van der Waals surface area contributed by atoms with Crippen molar-refractivity contribution in [3.63, 3.8) is 0 Å². The molecule has 0 amide bonds. The molecule has 0 saturated carbocycles. The van der Waals surface area contributed by atoms with E-state index < -0.39 is 8.07 Å². The Kier molecular flexibility index (Phi) is 5.79. The first-order valence-electron chi connectivity index (χ1n) is 7.83. The minimum Gasteiger partial charge on any atom is -0.466 e. The maximum absolute atomic E-state index is 11.3. The van der Waals surface area contributed by atoms with Crippen LogP contribution in [0.5, 0.6) is 0 Å². The lowest BCUT2D eigenvalue weighted by Crippen LogP contribution is -2.22. The van der Waals surface area contributed by atoms with E-state index in [1.807, 2.05) is 12.1 Å². The van der Waals surface area contributed by atoms with E-state index in [0.717, 1.165) is 29.2 Å². The first-order chi connectivity index (χ1) is 10.9. The molecule has 5 heteroatoms. The number of carbonyl (C=O) groups is 1. The first-order valence-corrected chi connectivity index (χ1v) is 11.5. The van der Waals surface area contributed by atoms with Crippen molar-refractivity contribution >= 4 is 31.0 Å². The predicted molar refractivity (Wildman–Crippen MR) is 97.1 cm³/mol. The third kappa shape index (κ3) is 5.08. The highest BCUT2D eigenvalue weighted by molar-refractivity contribution is 6.76. The summed E-state index contributed by atoms with van der Waals surface area (Å²) in [5.74, 6) is -0.360. The maximum atomic E-state index is 11.3. The predicted octanol–water partition coefficient (Wildman–Crippen LogP) is 4.14. The Bertz CT molecular complexity index is 698. The van der Waals surface area contributed by atoms with E-state index in [1.165, 1.54) is 13.2 Å². The molecule has 0 fully saturated rings. The second-order valence-corrected chi connectivity index (χ2v) is 12.4. The number of nitrogens with zero attached hydrogens (tertiary/aromatic N) is 1. The molecule has 124 valence electrons. The summed E-state index contributed by atoms with van der Waals surface area (Å²) in [5, 5.41) is 1.13. The van der Waals surface area contributed by atoms with Gasteiger partial charge >= 0.3 is 5.97 Å². The summed E-state index contributed by atoms with van der Waals surface area (Å²) in [6.45, 7) is 8.27. The molecular weight excluding hydrogens is 306 g/mol. The quantitative estimate of drug-likeness (QED) is 0.331. The molecule has 0 aliphatic rings. The number of ether oxygens (including phenoxy) is 2. The van der Waals surface area contributed by atoms with Gasteiger partial charge in [0.25, 0.3) is 0 Å². The number of benzene rings is 1. The van der Waals surface area contributed by atoms with Gasteiger partial charge in [-0.3, -0.25) is 0 Å². The van der Waals surface area contributed by atoms with Crippen molar-refractivity contribution in [3.8, 4) is 0 Å². The SMILES string of the molecule is COC(=O)/C=C/c1cc2ccccc2n1COCC[Si](C)(C)C. The van der Waals surface area contributed by atoms with Crippen LogP contribution < -0.4 is 0 Å². The van der Waals surface area contributed by atoms with Crippen LogP contribution in [0.1, 0.15) is 5.69 Å². The molecular formula is C18H25NO3Si. The topological polar surface area (TPSA) is 40.5 Å². The molecule has 0 radical (unpaired) electrons. The number of para-hydroxylation sites is 1. The van der Waals surface area contributed by atoms with Gasteiger partial charge < -0.3 is 14.0 Å². The van der Waals surface area contributed by atoms with E-state index in [-0.39, 0.29) is 5.97 Å². The van der Waals surface area contributed by atoms with Gasteiger partial charge in [-0.2, -0.15) is 0 Å². The van der Waals surface area contributed by atoms with Crippen LogP contribution in [0, 0.1) is 0 Å². The Hall–Kier alpha value is -1.85. The Morgan fingerprint density at radius 3 is 2.70 bits per heavy atom. The van der Waals surface area contributed by atoms with Crippen molar-refractivity contribution in [2.24, 2.45) is 0 Å². The van der Waals surface area contributed by atoms with Gasteiger partial charge in [-0.15, -0.1) is 0 Å². The van der Waals surface area contributed by atoms with Crippen LogP contribution in [0.2, 0.25) is 25.7 Å². The largest absolute Gasteiger partial charge is 0.466 e. The second kappa shape index (κ2) is 7.61. The molecule has 0 spiro atoms. The Labute approximate surface area is 138 Å². The molecule has 0 aliphatic carbocycles. The number of methoxy groups -OCH3 is 1. The van der Waals surface area contributed by atoms with E-state index in [4.69, 9.17) is 4.74 Å². The van der Waals surface area contributed by atoms with Gasteiger partial charge in [0.2, 0.25) is 0 Å². The van der Waals surface area contributed by atoms with E-state index >= 15 is 0 Å². The Morgan fingerprint density at radius 2 is 2.00 bits per heavy atom. The van der Waals surface area contributed by atoms with Crippen LogP contribution in [-0.2, 0) is 21.0 Å². The second-order valence-electron chi connectivity index (χ2n) is 6.76. The molecule has 1 aromatic heterocycles. The number of fused-ring (bicyclic) bond motifs is 1. The van der Waals surface area contributed by atoms with Gasteiger partial charge in [0, 0.05) is 31.8 Å². The van der Waals surface area contributed by atoms with Crippen LogP contribution in [0.15, 0.2) is 36.4 Å². The van der Waals surface area contributed by atoms with Crippen molar-refractivity contribution in [1.82, 2.24) is 4.57 Å². The number of rotatable bonds is 7. The molecule has 23 heavy (non-hydrogen) atoms. The summed E-state index contributed by atoms with van der Waals surface area (Å²) in [4.78, 5) is 11.3. The molecule has 0 atom stereocenters. The minimum absolute atomic E-state index is 0.360. The summed E-state index contributed by atoms with van der Waals surface area (Å²) >= 11 is 0. The highest BCUT2D eigenvalue weighted by atomic mass is 28.3. The van der Waals surface area contributed by atoms with Crippen molar-refractivity contribution in [3.05, 3.63) is 42.1 Å². The number of hydrogen-bond acceptors (Lipinski definition) is 3. The summed E-state index contributed by atoms with van der Waals surface area (Å²) < 4.78 is 12.6. The van der Waals surface area contributed by atoms with Gasteiger partial charge in [0.05, 0.1) is 12.6 Å². The highest BCUT2D eigenvalue weighted by Gasteiger charge is 2.13. The van der Waals surface area contributed by atoms with Gasteiger partial charge in [-0.1, -0.05) is 37.8 Å². The molecule has 0 aliphatic heterocycles. The highest BCUT2D eigenvalue weighted by Crippen LogP contribution is 2.21. The molecule has 1 aromatic carbocycles. The fourth-order valence-electron chi connectivity index (χ4n) is 2.27. The number of carbonyl (C=O) groups excluding carboxylic acids is 1. The Morgan fingerprint density at radius 1 is 1.26 bits per heavy atom. The van der Waals surface area contributed by atoms with Gasteiger partial charge in [-0.05, 0) is 24.3 Å². The molecule has 2 rings (SSSR count). The average molecular weight is 331 g/mol. The Balaban J connectivity index is 2.18. The lowest BCUT2D eigenvalue weighted by molar-refractivity contribution is -0.134. The van der Waals surface area contributed by atoms with E-state index in [1.54, 1.807) is 6.08 Å². The fourth-order valence-corrected chi connectivity index (χ4v) is 3.03. The summed E-state index contributed by atoms with van der Waals surface area (Å²) in [6, 6.07) is 11.3. The van der Waals surface area contributed by atoms with Crippen molar-refractivity contribution in [1.29, 1.82) is 0 Å². The van der Waals surface area contributed by atoms with Crippen LogP contribution in [-0.4, -0.2) is 32.3 Å². The zero-order chi connectivity index (χ0) is 16.9.